The van der Waals surface area contributed by atoms with Crippen LogP contribution >= 0.6 is 0 Å². The average Bonchev–Trinajstić information content (AvgIpc) is 2.18. The summed E-state index contributed by atoms with van der Waals surface area (Å²) in [6.07, 6.45) is -0.823. The Kier molecular flexibility index (Phi) is 3.82. The molecule has 1 unspecified atom stereocenters. The molecule has 15 heavy (non-hydrogen) atoms. The van der Waals surface area contributed by atoms with Crippen LogP contribution in [0.15, 0.2) is 30.3 Å². The van der Waals surface area contributed by atoms with Gasteiger partial charge in [0.25, 0.3) is 0 Å². The maximum Gasteiger partial charge on any atom is 0.412 e. The van der Waals surface area contributed by atoms with E-state index in [1.54, 1.807) is 0 Å². The molecule has 0 radical (unpaired) electrons. The van der Waals surface area contributed by atoms with Crippen molar-refractivity contribution in [1.82, 2.24) is 0 Å². The summed E-state index contributed by atoms with van der Waals surface area (Å²) in [4.78, 5) is 21.4. The van der Waals surface area contributed by atoms with Gasteiger partial charge in [-0.05, 0) is 12.0 Å². The zero-order valence-corrected chi connectivity index (χ0v) is 8.05. The second-order valence-electron chi connectivity index (χ2n) is 3.04. The first kappa shape index (κ1) is 11.2. The van der Waals surface area contributed by atoms with Crippen molar-refractivity contribution in [2.75, 3.05) is 0 Å². The molecule has 0 bridgehead atoms. The van der Waals surface area contributed by atoms with Crippen LogP contribution in [0.25, 0.3) is 0 Å². The molecular weight excluding hydrogens is 196 g/mol. The molecule has 80 valence electrons. The zero-order chi connectivity index (χ0) is 11.3. The van der Waals surface area contributed by atoms with Gasteiger partial charge in [0.05, 0.1) is 0 Å². The Hall–Kier alpha value is -1.88. The fourth-order valence-corrected chi connectivity index (χ4v) is 1.13. The maximum absolute atomic E-state index is 11.1. The number of nitrogens with two attached hydrogens (primary N) is 2. The van der Waals surface area contributed by atoms with Crippen molar-refractivity contribution < 1.29 is 14.3 Å². The van der Waals surface area contributed by atoms with E-state index in [4.69, 9.17) is 5.73 Å². The first-order valence-electron chi connectivity index (χ1n) is 4.40. The number of hydrogen-bond donors (Lipinski definition) is 2. The van der Waals surface area contributed by atoms with E-state index < -0.39 is 18.1 Å². The van der Waals surface area contributed by atoms with Gasteiger partial charge in [-0.2, -0.15) is 0 Å². The van der Waals surface area contributed by atoms with E-state index in [9.17, 15) is 9.59 Å². The Morgan fingerprint density at radius 1 is 1.27 bits per heavy atom. The number of hydrogen-bond acceptors (Lipinski definition) is 4. The van der Waals surface area contributed by atoms with Crippen LogP contribution in [0.4, 0.5) is 4.79 Å². The molecule has 1 rings (SSSR count). The van der Waals surface area contributed by atoms with Crippen LogP contribution in [0.3, 0.4) is 0 Å². The molecule has 4 N–H and O–H groups in total. The van der Waals surface area contributed by atoms with Crippen LogP contribution in [0, 0.1) is 0 Å². The van der Waals surface area contributed by atoms with Gasteiger partial charge in [0.2, 0.25) is 0 Å². The Bertz CT molecular complexity index is 351. The number of esters is 1. The van der Waals surface area contributed by atoms with Crippen LogP contribution in [0.5, 0.6) is 0 Å². The van der Waals surface area contributed by atoms with E-state index >= 15 is 0 Å². The number of carbonyl (C=O) groups is 2. The first-order valence-corrected chi connectivity index (χ1v) is 4.40. The molecule has 5 nitrogen and oxygen atoms in total. The fourth-order valence-electron chi connectivity index (χ4n) is 1.13. The minimum Gasteiger partial charge on any atom is -0.375 e. The molecule has 0 aromatic heterocycles. The van der Waals surface area contributed by atoms with Crippen LogP contribution < -0.4 is 11.5 Å². The molecule has 5 heteroatoms. The molecule has 0 heterocycles. The summed E-state index contributed by atoms with van der Waals surface area (Å²) in [5.41, 5.74) is 11.1. The standard InChI is InChI=1S/C10H12N2O3/c11-8(9(13)15-10(12)14)6-7-4-2-1-3-5-7/h1-5,8H,6,11H2,(H2,12,14). The van der Waals surface area contributed by atoms with Crippen molar-refractivity contribution in [3.05, 3.63) is 35.9 Å². The topological polar surface area (TPSA) is 95.4 Å². The van der Waals surface area contributed by atoms with Crippen LogP contribution in [0.2, 0.25) is 0 Å². The SMILES string of the molecule is NC(=O)OC(=O)C(N)Cc1ccccc1. The highest BCUT2D eigenvalue weighted by Crippen LogP contribution is 2.02. The van der Waals surface area contributed by atoms with Gasteiger partial charge in [0.1, 0.15) is 6.04 Å². The lowest BCUT2D eigenvalue weighted by molar-refractivity contribution is -0.138. The van der Waals surface area contributed by atoms with Crippen molar-refractivity contribution in [3.8, 4) is 0 Å². The van der Waals surface area contributed by atoms with Gasteiger partial charge in [0, 0.05) is 0 Å². The van der Waals surface area contributed by atoms with Gasteiger partial charge in [0.15, 0.2) is 0 Å². The van der Waals surface area contributed by atoms with Crippen LogP contribution in [-0.2, 0) is 16.0 Å². The lowest BCUT2D eigenvalue weighted by atomic mass is 10.1. The Balaban J connectivity index is 2.52. The Labute approximate surface area is 87.0 Å². The number of amides is 1. The number of benzene rings is 1. The molecule has 1 aromatic carbocycles. The van der Waals surface area contributed by atoms with Gasteiger partial charge in [-0.15, -0.1) is 0 Å². The molecule has 1 atom stereocenters. The average molecular weight is 208 g/mol. The van der Waals surface area contributed by atoms with Crippen molar-refractivity contribution in [3.63, 3.8) is 0 Å². The van der Waals surface area contributed by atoms with E-state index in [0.29, 0.717) is 6.42 Å². The molecule has 0 aliphatic heterocycles. The van der Waals surface area contributed by atoms with Gasteiger partial charge in [-0.1, -0.05) is 30.3 Å². The van der Waals surface area contributed by atoms with Gasteiger partial charge in [-0.25, -0.2) is 9.59 Å². The van der Waals surface area contributed by atoms with E-state index in [2.05, 4.69) is 10.5 Å². The Morgan fingerprint density at radius 3 is 2.40 bits per heavy atom. The number of ether oxygens (including phenoxy) is 1. The van der Waals surface area contributed by atoms with Crippen molar-refractivity contribution >= 4 is 12.1 Å². The summed E-state index contributed by atoms with van der Waals surface area (Å²) in [5.74, 6) is -0.814. The number of primary amides is 1. The van der Waals surface area contributed by atoms with E-state index in [-0.39, 0.29) is 0 Å². The van der Waals surface area contributed by atoms with Crippen LogP contribution in [0.1, 0.15) is 5.56 Å². The largest absolute Gasteiger partial charge is 0.412 e. The second-order valence-corrected chi connectivity index (χ2v) is 3.04. The van der Waals surface area contributed by atoms with Crippen molar-refractivity contribution in [1.29, 1.82) is 0 Å². The highest BCUT2D eigenvalue weighted by Gasteiger charge is 2.17. The first-order chi connectivity index (χ1) is 7.09. The summed E-state index contributed by atoms with van der Waals surface area (Å²) in [7, 11) is 0. The number of carbonyl (C=O) groups excluding carboxylic acids is 2. The lowest BCUT2D eigenvalue weighted by Gasteiger charge is -2.08. The third kappa shape index (κ3) is 3.78. The van der Waals surface area contributed by atoms with E-state index in [0.717, 1.165) is 5.56 Å². The molecule has 0 aliphatic carbocycles. The van der Waals surface area contributed by atoms with E-state index in [1.165, 1.54) is 0 Å². The fraction of sp³-hybridized carbons (Fsp3) is 0.200. The normalized spacial score (nSPS) is 11.8. The Morgan fingerprint density at radius 2 is 1.87 bits per heavy atom. The smallest absolute Gasteiger partial charge is 0.375 e. The molecular formula is C10H12N2O3. The molecule has 0 saturated carbocycles. The predicted octanol–water partition coefficient (Wildman–Crippen LogP) is 0.178. The second kappa shape index (κ2) is 5.11. The molecule has 0 aliphatic rings. The third-order valence-electron chi connectivity index (χ3n) is 1.80. The minimum atomic E-state index is -1.14. The molecule has 1 amide bonds. The van der Waals surface area contributed by atoms with Crippen LogP contribution in [-0.4, -0.2) is 18.1 Å². The third-order valence-corrected chi connectivity index (χ3v) is 1.80. The molecule has 1 aromatic rings. The van der Waals surface area contributed by atoms with Gasteiger partial charge >= 0.3 is 12.1 Å². The quantitative estimate of drug-likeness (QED) is 0.547. The molecule has 0 fully saturated rings. The number of rotatable bonds is 3. The predicted molar refractivity (Wildman–Crippen MR) is 53.8 cm³/mol. The molecule has 0 saturated heterocycles. The highest BCUT2D eigenvalue weighted by atomic mass is 16.6. The van der Waals surface area contributed by atoms with Crippen molar-refractivity contribution in [2.24, 2.45) is 11.5 Å². The summed E-state index contributed by atoms with van der Waals surface area (Å²) in [6, 6.07) is 8.31. The van der Waals surface area contributed by atoms with E-state index in [1.807, 2.05) is 30.3 Å². The lowest BCUT2D eigenvalue weighted by Crippen LogP contribution is -2.36. The van der Waals surface area contributed by atoms with Crippen molar-refractivity contribution in [2.45, 2.75) is 12.5 Å². The maximum atomic E-state index is 11.1. The van der Waals surface area contributed by atoms with Gasteiger partial charge in [-0.3, -0.25) is 0 Å². The molecule has 0 spiro atoms. The zero-order valence-electron chi connectivity index (χ0n) is 8.05. The summed E-state index contributed by atoms with van der Waals surface area (Å²) >= 11 is 0. The summed E-state index contributed by atoms with van der Waals surface area (Å²) in [6.45, 7) is 0. The minimum absolute atomic E-state index is 0.312. The summed E-state index contributed by atoms with van der Waals surface area (Å²) in [5, 5.41) is 0. The highest BCUT2D eigenvalue weighted by molar-refractivity contribution is 5.86. The summed E-state index contributed by atoms with van der Waals surface area (Å²) < 4.78 is 4.16. The monoisotopic (exact) mass is 208 g/mol. The van der Waals surface area contributed by atoms with Gasteiger partial charge < -0.3 is 16.2 Å².